The second-order valence-electron chi connectivity index (χ2n) is 9.42. The van der Waals surface area contributed by atoms with Crippen LogP contribution in [0, 0.1) is 0 Å². The highest BCUT2D eigenvalue weighted by molar-refractivity contribution is 6.10. The van der Waals surface area contributed by atoms with Crippen LogP contribution in [0.3, 0.4) is 0 Å². The van der Waals surface area contributed by atoms with E-state index in [0.717, 1.165) is 29.0 Å². The van der Waals surface area contributed by atoms with Crippen molar-refractivity contribution in [2.75, 3.05) is 7.11 Å². The zero-order valence-electron chi connectivity index (χ0n) is 18.6. The lowest BCUT2D eigenvalue weighted by Crippen LogP contribution is -2.43. The van der Waals surface area contributed by atoms with Crippen LogP contribution in [0.25, 0.3) is 5.70 Å². The van der Waals surface area contributed by atoms with Gasteiger partial charge in [-0.2, -0.15) is 0 Å². The Kier molecular flexibility index (Phi) is 5.75. The smallest absolute Gasteiger partial charge is 0.251 e. The molecule has 1 aliphatic heterocycles. The van der Waals surface area contributed by atoms with Crippen LogP contribution in [0.2, 0.25) is 0 Å². The quantitative estimate of drug-likeness (QED) is 0.584. The van der Waals surface area contributed by atoms with Crippen molar-refractivity contribution in [3.8, 4) is 5.75 Å². The number of carbonyl (C=O) groups excluding carboxylic acids is 2. The lowest BCUT2D eigenvalue weighted by atomic mass is 9.85. The molecule has 1 heterocycles. The Bertz CT molecular complexity index is 1010. The second kappa shape index (κ2) is 7.98. The van der Waals surface area contributed by atoms with E-state index in [1.165, 1.54) is 0 Å². The molecule has 3 rings (SSSR count). The van der Waals surface area contributed by atoms with Crippen LogP contribution in [-0.4, -0.2) is 29.9 Å². The van der Waals surface area contributed by atoms with Crippen LogP contribution >= 0.6 is 0 Å². The number of methoxy groups -OCH3 is 1. The summed E-state index contributed by atoms with van der Waals surface area (Å²) in [6.45, 7) is 9.98. The molecule has 0 aliphatic carbocycles. The third-order valence-electron chi connectivity index (χ3n) is 4.89. The molecule has 30 heavy (non-hydrogen) atoms. The molecule has 0 fully saturated rings. The minimum atomic E-state index is -0.348. The molecule has 2 aromatic rings. The summed E-state index contributed by atoms with van der Waals surface area (Å²) in [5, 5.41) is 6.40. The summed E-state index contributed by atoms with van der Waals surface area (Å²) >= 11 is 0. The molecule has 0 atom stereocenters. The highest BCUT2D eigenvalue weighted by atomic mass is 16.5. The molecule has 0 radical (unpaired) electrons. The first kappa shape index (κ1) is 21.6. The first-order valence-electron chi connectivity index (χ1n) is 10.1. The summed E-state index contributed by atoms with van der Waals surface area (Å²) in [7, 11) is 1.63. The Labute approximate surface area is 178 Å². The van der Waals surface area contributed by atoms with Crippen molar-refractivity contribution in [1.82, 2.24) is 10.6 Å². The normalized spacial score (nSPS) is 16.4. The number of nitrogens with one attached hydrogen (secondary N) is 2. The summed E-state index contributed by atoms with van der Waals surface area (Å²) in [4.78, 5) is 25.5. The molecule has 5 nitrogen and oxygen atoms in total. The topological polar surface area (TPSA) is 67.4 Å². The van der Waals surface area contributed by atoms with Crippen molar-refractivity contribution in [2.24, 2.45) is 0 Å². The summed E-state index contributed by atoms with van der Waals surface area (Å²) < 4.78 is 5.37. The van der Waals surface area contributed by atoms with Crippen LogP contribution in [0.15, 0.2) is 48.5 Å². The number of ketones is 1. The van der Waals surface area contributed by atoms with Crippen molar-refractivity contribution in [3.05, 3.63) is 70.8 Å². The number of amides is 1. The standard InChI is InChI=1S/C25H30N2O3/c1-24(2,3)27-23(29)17-9-7-8-16(12-17)22(28)14-21-20-13-19(30-6)11-10-18(20)15-25(4,5)26-21/h7-14,26H,15H2,1-6H3,(H,27,29). The molecule has 158 valence electrons. The van der Waals surface area contributed by atoms with Gasteiger partial charge in [-0.3, -0.25) is 9.59 Å². The maximum Gasteiger partial charge on any atom is 0.251 e. The predicted octanol–water partition coefficient (Wildman–Crippen LogP) is 4.37. The fourth-order valence-corrected chi connectivity index (χ4v) is 3.59. The maximum absolute atomic E-state index is 13.1. The third kappa shape index (κ3) is 5.09. The van der Waals surface area contributed by atoms with Crippen molar-refractivity contribution in [2.45, 2.75) is 52.1 Å². The average molecular weight is 407 g/mol. The van der Waals surface area contributed by atoms with E-state index in [9.17, 15) is 9.59 Å². The van der Waals surface area contributed by atoms with E-state index in [4.69, 9.17) is 4.74 Å². The number of hydrogen-bond acceptors (Lipinski definition) is 4. The molecule has 1 aliphatic rings. The van der Waals surface area contributed by atoms with Gasteiger partial charge < -0.3 is 15.4 Å². The van der Waals surface area contributed by atoms with E-state index in [0.29, 0.717) is 11.1 Å². The molecular formula is C25H30N2O3. The zero-order chi connectivity index (χ0) is 22.1. The molecule has 0 saturated carbocycles. The molecule has 0 saturated heterocycles. The van der Waals surface area contributed by atoms with Crippen LogP contribution < -0.4 is 15.4 Å². The first-order chi connectivity index (χ1) is 14.0. The van der Waals surface area contributed by atoms with Gasteiger partial charge in [-0.05, 0) is 70.9 Å². The number of rotatable bonds is 4. The van der Waals surface area contributed by atoms with E-state index in [-0.39, 0.29) is 22.8 Å². The van der Waals surface area contributed by atoms with E-state index in [1.807, 2.05) is 39.0 Å². The molecule has 2 aromatic carbocycles. The summed E-state index contributed by atoms with van der Waals surface area (Å²) in [6.07, 6.45) is 2.46. The van der Waals surface area contributed by atoms with Gasteiger partial charge in [0.05, 0.1) is 7.11 Å². The Balaban J connectivity index is 1.95. The van der Waals surface area contributed by atoms with Gasteiger partial charge in [0.1, 0.15) is 5.75 Å². The van der Waals surface area contributed by atoms with Crippen molar-refractivity contribution in [3.63, 3.8) is 0 Å². The maximum atomic E-state index is 13.1. The number of carbonyl (C=O) groups is 2. The van der Waals surface area contributed by atoms with Crippen LogP contribution in [0.1, 0.15) is 66.5 Å². The minimum Gasteiger partial charge on any atom is -0.497 e. The largest absolute Gasteiger partial charge is 0.497 e. The monoisotopic (exact) mass is 406 g/mol. The molecule has 0 aromatic heterocycles. The lowest BCUT2D eigenvalue weighted by molar-refractivity contribution is 0.0919. The van der Waals surface area contributed by atoms with Crippen molar-refractivity contribution < 1.29 is 14.3 Å². The Morgan fingerprint density at radius 3 is 2.47 bits per heavy atom. The number of ether oxygens (including phenoxy) is 1. The number of hydrogen-bond donors (Lipinski definition) is 2. The Morgan fingerprint density at radius 1 is 1.10 bits per heavy atom. The Hall–Kier alpha value is -3.08. The minimum absolute atomic E-state index is 0.158. The molecular weight excluding hydrogens is 376 g/mol. The first-order valence-corrected chi connectivity index (χ1v) is 10.1. The van der Waals surface area contributed by atoms with Gasteiger partial charge in [0.25, 0.3) is 5.91 Å². The van der Waals surface area contributed by atoms with Crippen LogP contribution in [0.4, 0.5) is 0 Å². The summed E-state index contributed by atoms with van der Waals surface area (Å²) in [5.41, 5.74) is 3.30. The number of fused-ring (bicyclic) bond motifs is 1. The van der Waals surface area contributed by atoms with Gasteiger partial charge in [0.2, 0.25) is 0 Å². The van der Waals surface area contributed by atoms with E-state index in [2.05, 4.69) is 24.5 Å². The van der Waals surface area contributed by atoms with Crippen molar-refractivity contribution >= 4 is 17.4 Å². The van der Waals surface area contributed by atoms with Gasteiger partial charge in [-0.1, -0.05) is 18.2 Å². The van der Waals surface area contributed by atoms with E-state index < -0.39 is 0 Å². The summed E-state index contributed by atoms with van der Waals surface area (Å²) in [5.74, 6) is 0.389. The zero-order valence-corrected chi connectivity index (χ0v) is 18.6. The third-order valence-corrected chi connectivity index (χ3v) is 4.89. The average Bonchev–Trinajstić information content (AvgIpc) is 2.65. The van der Waals surface area contributed by atoms with Gasteiger partial charge in [0, 0.05) is 39.5 Å². The molecule has 1 amide bonds. The summed E-state index contributed by atoms with van der Waals surface area (Å²) in [6, 6.07) is 12.8. The molecule has 0 bridgehead atoms. The van der Waals surface area contributed by atoms with Crippen molar-refractivity contribution in [1.29, 1.82) is 0 Å². The highest BCUT2D eigenvalue weighted by Crippen LogP contribution is 2.32. The second-order valence-corrected chi connectivity index (χ2v) is 9.42. The number of benzene rings is 2. The SMILES string of the molecule is COc1ccc2c(c1)C(=CC(=O)c1cccc(C(=O)NC(C)(C)C)c1)NC(C)(C)C2. The van der Waals surface area contributed by atoms with Gasteiger partial charge in [-0.25, -0.2) is 0 Å². The predicted molar refractivity (Wildman–Crippen MR) is 120 cm³/mol. The Morgan fingerprint density at radius 2 is 1.80 bits per heavy atom. The van der Waals surface area contributed by atoms with Gasteiger partial charge in [0.15, 0.2) is 5.78 Å². The lowest BCUT2D eigenvalue weighted by Gasteiger charge is -2.35. The van der Waals surface area contributed by atoms with Gasteiger partial charge >= 0.3 is 0 Å². The fraction of sp³-hybridized carbons (Fsp3) is 0.360. The highest BCUT2D eigenvalue weighted by Gasteiger charge is 2.28. The van der Waals surface area contributed by atoms with Crippen LogP contribution in [-0.2, 0) is 6.42 Å². The molecule has 2 N–H and O–H groups in total. The number of allylic oxidation sites excluding steroid dienone is 1. The fourth-order valence-electron chi connectivity index (χ4n) is 3.59. The molecule has 0 unspecified atom stereocenters. The van der Waals surface area contributed by atoms with Gasteiger partial charge in [-0.15, -0.1) is 0 Å². The molecule has 5 heteroatoms. The van der Waals surface area contributed by atoms with E-state index in [1.54, 1.807) is 37.5 Å². The van der Waals surface area contributed by atoms with Crippen LogP contribution in [0.5, 0.6) is 5.75 Å². The molecule has 0 spiro atoms. The van der Waals surface area contributed by atoms with E-state index >= 15 is 0 Å².